The minimum Gasteiger partial charge on any atom is -0.491 e. The summed E-state index contributed by atoms with van der Waals surface area (Å²) in [7, 11) is 0. The fourth-order valence-electron chi connectivity index (χ4n) is 7.54. The Morgan fingerprint density at radius 2 is 1.48 bits per heavy atom. The van der Waals surface area contributed by atoms with Gasteiger partial charge in [0.2, 0.25) is 11.8 Å². The zero-order valence-corrected chi connectivity index (χ0v) is 27.1. The van der Waals surface area contributed by atoms with Crippen LogP contribution in [0.1, 0.15) is 24.3 Å². The van der Waals surface area contributed by atoms with Gasteiger partial charge >= 0.3 is 0 Å². The average molecular weight is 728 g/mol. The highest BCUT2D eigenvalue weighted by Crippen LogP contribution is 2.66. The first-order valence-electron chi connectivity index (χ1n) is 14.7. The molecule has 2 aliphatic heterocycles. The first-order chi connectivity index (χ1) is 22.0. The molecule has 6 atom stereocenters. The number of halogens is 4. The van der Waals surface area contributed by atoms with Crippen LogP contribution in [-0.2, 0) is 19.2 Å². The normalized spacial score (nSPS) is 30.2. The van der Waals surface area contributed by atoms with Crippen molar-refractivity contribution in [3.05, 3.63) is 100 Å². The van der Waals surface area contributed by atoms with E-state index in [1.807, 2.05) is 6.08 Å². The van der Waals surface area contributed by atoms with Crippen molar-refractivity contribution in [1.82, 2.24) is 0 Å². The van der Waals surface area contributed by atoms with Gasteiger partial charge in [-0.2, -0.15) is 0 Å². The van der Waals surface area contributed by atoms with E-state index in [-0.39, 0.29) is 37.6 Å². The molecular weight excluding hydrogens is 702 g/mol. The van der Waals surface area contributed by atoms with Gasteiger partial charge in [0.1, 0.15) is 18.2 Å². The van der Waals surface area contributed by atoms with Gasteiger partial charge in [0, 0.05) is 10.4 Å². The highest BCUT2D eigenvalue weighted by atomic mass is 79.9. The lowest BCUT2D eigenvalue weighted by atomic mass is 9.56. The molecule has 1 saturated carbocycles. The summed E-state index contributed by atoms with van der Waals surface area (Å²) in [5.74, 6) is -5.58. The summed E-state index contributed by atoms with van der Waals surface area (Å²) in [6.07, 6.45) is 1.92. The van der Waals surface area contributed by atoms with Gasteiger partial charge in [0.25, 0.3) is 11.8 Å². The summed E-state index contributed by atoms with van der Waals surface area (Å²) in [5.41, 5.74) is 1.74. The van der Waals surface area contributed by atoms with E-state index in [4.69, 9.17) is 27.9 Å². The van der Waals surface area contributed by atoms with Gasteiger partial charge in [-0.1, -0.05) is 39.7 Å². The summed E-state index contributed by atoms with van der Waals surface area (Å²) in [6, 6.07) is 18.5. The fourth-order valence-corrected chi connectivity index (χ4v) is 8.74. The standard InChI is InChI=1S/C34H26BrCl2FN2O6/c35-19-3-7-21(8-4-19)39-29(42)25-14-13-24-26(27(25)30(39)43)17-33(36)31(44)40(22-9-5-20(38)6-10-22)32(45)34(33,37)28(24)18-1-11-23(12-2-18)46-16-15-41/h1-13,25-28,41H,14-17H2/t25-,26+,27-,28-,33+,34-/m0/s1. The second-order valence-electron chi connectivity index (χ2n) is 11.9. The number of imide groups is 2. The lowest BCUT2D eigenvalue weighted by Gasteiger charge is -2.50. The Morgan fingerprint density at radius 1 is 0.848 bits per heavy atom. The number of allylic oxidation sites excluding steroid dienone is 2. The Morgan fingerprint density at radius 3 is 2.13 bits per heavy atom. The zero-order chi connectivity index (χ0) is 32.5. The lowest BCUT2D eigenvalue weighted by Crippen LogP contribution is -2.60. The van der Waals surface area contributed by atoms with Crippen molar-refractivity contribution < 1.29 is 33.4 Å². The second-order valence-corrected chi connectivity index (χ2v) is 14.0. The number of rotatable bonds is 6. The Hall–Kier alpha value is -3.57. The maximum Gasteiger partial charge on any atom is 0.258 e. The number of carbonyl (C=O) groups is 4. The highest BCUT2D eigenvalue weighted by Gasteiger charge is 2.76. The van der Waals surface area contributed by atoms with E-state index in [0.29, 0.717) is 22.6 Å². The number of nitrogens with zero attached hydrogens (tertiary/aromatic N) is 2. The van der Waals surface area contributed by atoms with Crippen molar-refractivity contribution >= 4 is 74.1 Å². The number of amides is 4. The quantitative estimate of drug-likeness (QED) is 0.198. The number of benzene rings is 3. The van der Waals surface area contributed by atoms with Gasteiger partial charge < -0.3 is 9.84 Å². The third kappa shape index (κ3) is 4.41. The van der Waals surface area contributed by atoms with Gasteiger partial charge in [-0.05, 0) is 85.0 Å². The zero-order valence-electron chi connectivity index (χ0n) is 24.0. The highest BCUT2D eigenvalue weighted by molar-refractivity contribution is 9.10. The molecular formula is C34H26BrCl2FN2O6. The molecule has 2 aliphatic carbocycles. The van der Waals surface area contributed by atoms with Crippen LogP contribution in [0.4, 0.5) is 15.8 Å². The van der Waals surface area contributed by atoms with Crippen molar-refractivity contribution in [3.63, 3.8) is 0 Å². The molecule has 3 aromatic rings. The van der Waals surface area contributed by atoms with Gasteiger partial charge in [-0.15, -0.1) is 23.2 Å². The average Bonchev–Trinajstić information content (AvgIpc) is 3.39. The maximum atomic E-state index is 14.4. The molecule has 0 radical (unpaired) electrons. The number of hydrogen-bond donors (Lipinski definition) is 1. The van der Waals surface area contributed by atoms with Gasteiger partial charge in [-0.3, -0.25) is 24.1 Å². The molecule has 4 aliphatic rings. The molecule has 2 heterocycles. The molecule has 3 fully saturated rings. The molecule has 4 amide bonds. The number of aliphatic hydroxyl groups is 1. The van der Waals surface area contributed by atoms with Crippen LogP contribution in [0.15, 0.2) is 88.9 Å². The van der Waals surface area contributed by atoms with Crippen LogP contribution in [0.25, 0.3) is 0 Å². The van der Waals surface area contributed by atoms with Crippen molar-refractivity contribution in [2.45, 2.75) is 28.5 Å². The first kappa shape index (κ1) is 31.1. The van der Waals surface area contributed by atoms with Crippen molar-refractivity contribution in [2.24, 2.45) is 17.8 Å². The molecule has 7 rings (SSSR count). The van der Waals surface area contributed by atoms with Gasteiger partial charge in [0.05, 0.1) is 29.8 Å². The van der Waals surface area contributed by atoms with Gasteiger partial charge in [-0.25, -0.2) is 9.29 Å². The van der Waals surface area contributed by atoms with E-state index in [1.54, 1.807) is 48.5 Å². The molecule has 3 aromatic carbocycles. The van der Waals surface area contributed by atoms with E-state index in [1.165, 1.54) is 17.0 Å². The monoisotopic (exact) mass is 726 g/mol. The van der Waals surface area contributed by atoms with Crippen LogP contribution in [-0.4, -0.2) is 51.7 Å². The molecule has 0 aromatic heterocycles. The van der Waals surface area contributed by atoms with Crippen LogP contribution in [0.2, 0.25) is 0 Å². The summed E-state index contributed by atoms with van der Waals surface area (Å²) in [6.45, 7) is -0.102. The van der Waals surface area contributed by atoms with Gasteiger partial charge in [0.15, 0.2) is 9.75 Å². The van der Waals surface area contributed by atoms with Crippen molar-refractivity contribution in [1.29, 1.82) is 0 Å². The Kier molecular flexibility index (Phi) is 7.62. The predicted molar refractivity (Wildman–Crippen MR) is 172 cm³/mol. The van der Waals surface area contributed by atoms with E-state index in [9.17, 15) is 28.7 Å². The Bertz CT molecular complexity index is 1800. The summed E-state index contributed by atoms with van der Waals surface area (Å²) >= 11 is 18.2. The molecule has 8 nitrogen and oxygen atoms in total. The number of carbonyl (C=O) groups excluding carboxylic acids is 4. The SMILES string of the molecule is O=C1[C@H]2[C@H](CC=C3[C@H]2C[C@@]2(Cl)C(=O)N(c4ccc(F)cc4)C(=O)[C@@]2(Cl)[C@H]3c2ccc(OCCO)cc2)C(=O)N1c1ccc(Br)cc1. The summed E-state index contributed by atoms with van der Waals surface area (Å²) in [4.78, 5) is 54.7. The molecule has 1 N–H and O–H groups in total. The minimum atomic E-state index is -2.03. The van der Waals surface area contributed by atoms with Crippen LogP contribution >= 0.6 is 39.1 Å². The number of aliphatic hydroxyl groups excluding tert-OH is 1. The van der Waals surface area contributed by atoms with E-state index >= 15 is 0 Å². The van der Waals surface area contributed by atoms with E-state index in [2.05, 4.69) is 15.9 Å². The number of ether oxygens (including phenoxy) is 1. The number of fused-ring (bicyclic) bond motifs is 4. The van der Waals surface area contributed by atoms with Crippen LogP contribution in [0.5, 0.6) is 5.75 Å². The van der Waals surface area contributed by atoms with Crippen molar-refractivity contribution in [3.8, 4) is 5.75 Å². The largest absolute Gasteiger partial charge is 0.491 e. The molecule has 236 valence electrons. The lowest BCUT2D eigenvalue weighted by molar-refractivity contribution is -0.125. The molecule has 46 heavy (non-hydrogen) atoms. The number of alkyl halides is 2. The van der Waals surface area contributed by atoms with E-state index < -0.39 is 57.0 Å². The molecule has 0 spiro atoms. The third-order valence-corrected chi connectivity index (χ3v) is 11.5. The minimum absolute atomic E-state index is 0.0773. The summed E-state index contributed by atoms with van der Waals surface area (Å²) < 4.78 is 20.2. The molecule has 2 saturated heterocycles. The topological polar surface area (TPSA) is 104 Å². The second kappa shape index (κ2) is 11.3. The third-order valence-electron chi connectivity index (χ3n) is 9.55. The van der Waals surface area contributed by atoms with E-state index in [0.717, 1.165) is 21.5 Å². The fraction of sp³-hybridized carbons (Fsp3) is 0.294. The Labute approximate surface area is 281 Å². The smallest absolute Gasteiger partial charge is 0.258 e. The first-order valence-corrected chi connectivity index (χ1v) is 16.3. The van der Waals surface area contributed by atoms with Crippen LogP contribution in [0.3, 0.4) is 0 Å². The summed E-state index contributed by atoms with van der Waals surface area (Å²) in [5, 5.41) is 9.17. The Balaban J connectivity index is 1.36. The molecule has 0 unspecified atom stereocenters. The number of hydrogen-bond acceptors (Lipinski definition) is 6. The maximum absolute atomic E-state index is 14.4. The van der Waals surface area contributed by atoms with Crippen LogP contribution in [0, 0.1) is 23.6 Å². The number of anilines is 2. The molecule has 12 heteroatoms. The van der Waals surface area contributed by atoms with Crippen LogP contribution < -0.4 is 14.5 Å². The molecule has 0 bridgehead atoms. The predicted octanol–water partition coefficient (Wildman–Crippen LogP) is 5.73. The van der Waals surface area contributed by atoms with Crippen molar-refractivity contribution in [2.75, 3.05) is 23.0 Å².